The molecule has 0 aliphatic heterocycles. The van der Waals surface area contributed by atoms with Crippen LogP contribution in [0.4, 0.5) is 0 Å². The average molecular weight is 871 g/mol. The summed E-state index contributed by atoms with van der Waals surface area (Å²) in [4.78, 5) is 38.1. The second-order valence-corrected chi connectivity index (χ2v) is 13.5. The Morgan fingerprint density at radius 1 is 0.547 bits per heavy atom. The van der Waals surface area contributed by atoms with Gasteiger partial charge in [-0.1, -0.05) is 36.4 Å². The molecule has 0 saturated heterocycles. The summed E-state index contributed by atoms with van der Waals surface area (Å²) in [6, 6.07) is 30.7. The Bertz CT molecular complexity index is 2630. The van der Waals surface area contributed by atoms with Gasteiger partial charge in [-0.05, 0) is 89.5 Å². The predicted octanol–water partition coefficient (Wildman–Crippen LogP) is 8.53. The van der Waals surface area contributed by atoms with Gasteiger partial charge in [0.05, 0.1) is 27.6 Å². The number of carbonyl (C=O) groups is 2. The Hall–Kier alpha value is -8.13. The molecule has 0 aliphatic carbocycles. The zero-order valence-corrected chi connectivity index (χ0v) is 35.4. The molecule has 0 radical (unpaired) electrons. The Morgan fingerprint density at radius 2 is 1.06 bits per heavy atom. The first-order chi connectivity index (χ1) is 31.2. The smallest absolute Gasteiger partial charge is 0.330 e. The molecular weight excluding hydrogens is 825 g/mol. The third kappa shape index (κ3) is 13.4. The minimum absolute atomic E-state index is 0.0255. The third-order valence-electron chi connectivity index (χ3n) is 9.18. The summed E-state index contributed by atoms with van der Waals surface area (Å²) in [6.45, 7) is 0.0638. The van der Waals surface area contributed by atoms with E-state index in [1.807, 2.05) is 24.3 Å². The highest BCUT2D eigenvalue weighted by Gasteiger charge is 2.16. The summed E-state index contributed by atoms with van der Waals surface area (Å²) in [5.74, 6) is 1.59. The molecule has 14 heteroatoms. The maximum absolute atomic E-state index is 13.3. The van der Waals surface area contributed by atoms with E-state index >= 15 is 0 Å². The predicted molar refractivity (Wildman–Crippen MR) is 240 cm³/mol. The first-order valence-corrected chi connectivity index (χ1v) is 19.9. The van der Waals surface area contributed by atoms with Crippen molar-refractivity contribution in [1.82, 2.24) is 0 Å². The van der Waals surface area contributed by atoms with Crippen LogP contribution in [0.25, 0.3) is 40.5 Å². The van der Waals surface area contributed by atoms with Gasteiger partial charge in [0.2, 0.25) is 0 Å². The Kier molecular flexibility index (Phi) is 16.4. The summed E-state index contributed by atoms with van der Waals surface area (Å²) >= 11 is 0. The van der Waals surface area contributed by atoms with Crippen LogP contribution in [0.15, 0.2) is 137 Å². The molecular formula is C50H46O14. The van der Waals surface area contributed by atoms with Crippen molar-refractivity contribution in [3.63, 3.8) is 0 Å². The van der Waals surface area contributed by atoms with Crippen molar-refractivity contribution in [3.8, 4) is 51.6 Å². The van der Waals surface area contributed by atoms with Gasteiger partial charge in [0, 0.05) is 35.9 Å². The van der Waals surface area contributed by atoms with E-state index < -0.39 is 17.4 Å². The minimum Gasteiger partial charge on any atom is -0.507 e. The van der Waals surface area contributed by atoms with Crippen LogP contribution < -0.4 is 33.8 Å². The van der Waals surface area contributed by atoms with Crippen LogP contribution in [0.1, 0.15) is 16.7 Å². The second-order valence-electron chi connectivity index (χ2n) is 13.5. The highest BCUT2D eigenvalue weighted by atomic mass is 16.6. The molecule has 1 heterocycles. The molecule has 0 bridgehead atoms. The number of fused-ring (bicyclic) bond motifs is 1. The normalized spacial score (nSPS) is 11.2. The number of rotatable bonds is 22. The number of hydrogen-bond donors (Lipinski definition) is 1. The molecule has 1 aromatic heterocycles. The van der Waals surface area contributed by atoms with Gasteiger partial charge in [0.25, 0.3) is 0 Å². The van der Waals surface area contributed by atoms with Crippen molar-refractivity contribution < 1.29 is 61.7 Å². The average Bonchev–Trinajstić information content (AvgIpc) is 3.32. The van der Waals surface area contributed by atoms with E-state index in [9.17, 15) is 19.5 Å². The molecule has 64 heavy (non-hydrogen) atoms. The van der Waals surface area contributed by atoms with Crippen LogP contribution in [0, 0.1) is 0 Å². The van der Waals surface area contributed by atoms with E-state index in [4.69, 9.17) is 47.0 Å². The number of esters is 2. The lowest BCUT2D eigenvalue weighted by atomic mass is 10.1. The number of phenols is 1. The monoisotopic (exact) mass is 870 g/mol. The number of aromatic hydroxyl groups is 1. The highest BCUT2D eigenvalue weighted by Crippen LogP contribution is 2.35. The van der Waals surface area contributed by atoms with Gasteiger partial charge >= 0.3 is 11.9 Å². The van der Waals surface area contributed by atoms with Crippen molar-refractivity contribution in [2.75, 3.05) is 61.0 Å². The molecule has 0 fully saturated rings. The van der Waals surface area contributed by atoms with Crippen LogP contribution in [0.5, 0.6) is 40.2 Å². The topological polar surface area (TPSA) is 168 Å². The van der Waals surface area contributed by atoms with Crippen molar-refractivity contribution in [2.45, 2.75) is 0 Å². The number of benzene rings is 5. The molecule has 6 aromatic rings. The second kappa shape index (κ2) is 23.2. The zero-order valence-electron chi connectivity index (χ0n) is 35.4. The highest BCUT2D eigenvalue weighted by molar-refractivity contribution is 5.88. The lowest BCUT2D eigenvalue weighted by molar-refractivity contribution is -0.139. The van der Waals surface area contributed by atoms with Crippen LogP contribution in [0.3, 0.4) is 0 Å². The Balaban J connectivity index is 1.11. The first kappa shape index (κ1) is 45.4. The quantitative estimate of drug-likeness (QED) is 0.0298. The summed E-state index contributed by atoms with van der Waals surface area (Å²) in [7, 11) is 4.75. The van der Waals surface area contributed by atoms with E-state index in [1.165, 1.54) is 30.4 Å². The van der Waals surface area contributed by atoms with E-state index in [-0.39, 0.29) is 79.4 Å². The first-order valence-electron chi connectivity index (χ1n) is 19.9. The summed E-state index contributed by atoms with van der Waals surface area (Å²) < 4.78 is 55.6. The molecule has 0 unspecified atom stereocenters. The third-order valence-corrected chi connectivity index (χ3v) is 9.18. The molecule has 0 aliphatic rings. The molecule has 0 spiro atoms. The van der Waals surface area contributed by atoms with Crippen molar-refractivity contribution in [3.05, 3.63) is 155 Å². The minimum atomic E-state index is -0.578. The van der Waals surface area contributed by atoms with Crippen LogP contribution in [0.2, 0.25) is 0 Å². The van der Waals surface area contributed by atoms with Gasteiger partial charge in [0.15, 0.2) is 16.9 Å². The Morgan fingerprint density at radius 3 is 1.61 bits per heavy atom. The van der Waals surface area contributed by atoms with E-state index in [0.29, 0.717) is 17.1 Å². The van der Waals surface area contributed by atoms with E-state index in [0.717, 1.165) is 22.4 Å². The van der Waals surface area contributed by atoms with Gasteiger partial charge in [0.1, 0.15) is 85.1 Å². The summed E-state index contributed by atoms with van der Waals surface area (Å²) in [5, 5.41) is 10.7. The van der Waals surface area contributed by atoms with Crippen LogP contribution in [-0.2, 0) is 23.8 Å². The van der Waals surface area contributed by atoms with Crippen molar-refractivity contribution in [1.29, 1.82) is 0 Å². The molecule has 0 atom stereocenters. The number of carbonyl (C=O) groups excluding carboxylic acids is 2. The lowest BCUT2D eigenvalue weighted by Gasteiger charge is -2.14. The molecule has 14 nitrogen and oxygen atoms in total. The zero-order chi connectivity index (χ0) is 45.1. The standard InChI is InChI=1S/C50H46O14/c1-55-38-13-4-34(5-14-38)10-20-48(53)62-28-26-60-44-19-12-37(30-46(44)61-27-29-63-49(54)21-11-35-6-15-39(56-2)16-7-35)45-33-43(52)50-42(51)31-41(32-47(50)64-45)59-25-24-58-23-22-36-8-17-40(57-3)18-9-36/h4-23,30-33,51H,24-29H2,1-3H3/b20-10+,21-11+,23-22+. The molecule has 1 N–H and O–H groups in total. The fourth-order valence-electron chi connectivity index (χ4n) is 5.92. The van der Waals surface area contributed by atoms with Gasteiger partial charge < -0.3 is 52.2 Å². The maximum Gasteiger partial charge on any atom is 0.330 e. The van der Waals surface area contributed by atoms with Gasteiger partial charge in [-0.15, -0.1) is 0 Å². The van der Waals surface area contributed by atoms with E-state index in [1.54, 1.807) is 113 Å². The molecule has 0 amide bonds. The number of hydrogen-bond acceptors (Lipinski definition) is 14. The Labute approximate surface area is 369 Å². The van der Waals surface area contributed by atoms with Gasteiger partial charge in [-0.25, -0.2) is 9.59 Å². The fraction of sp³-hybridized carbons (Fsp3) is 0.180. The van der Waals surface area contributed by atoms with Crippen molar-refractivity contribution in [2.24, 2.45) is 0 Å². The van der Waals surface area contributed by atoms with Crippen LogP contribution >= 0.6 is 0 Å². The largest absolute Gasteiger partial charge is 0.507 e. The van der Waals surface area contributed by atoms with Crippen LogP contribution in [-0.4, -0.2) is 78.0 Å². The van der Waals surface area contributed by atoms with Gasteiger partial charge in [-0.2, -0.15) is 0 Å². The SMILES string of the molecule is COc1ccc(/C=C/OCCOc2cc(O)c3c(=O)cc(-c4ccc(OCCOC(=O)/C=C/c5ccc(OC)cc5)c(OCCOC(=O)/C=C/c5ccc(OC)cc5)c4)oc3c2)cc1. The fourth-order valence-corrected chi connectivity index (χ4v) is 5.92. The molecule has 0 saturated carbocycles. The van der Waals surface area contributed by atoms with Crippen molar-refractivity contribution >= 4 is 41.1 Å². The maximum atomic E-state index is 13.3. The molecule has 5 aromatic carbocycles. The summed E-state index contributed by atoms with van der Waals surface area (Å²) in [6.07, 6.45) is 9.20. The number of methoxy groups -OCH3 is 3. The number of ether oxygens (including phenoxy) is 9. The summed E-state index contributed by atoms with van der Waals surface area (Å²) in [5.41, 5.74) is 2.52. The van der Waals surface area contributed by atoms with E-state index in [2.05, 4.69) is 0 Å². The number of phenolic OH excluding ortho intramolecular Hbond substituents is 1. The molecule has 330 valence electrons. The van der Waals surface area contributed by atoms with Gasteiger partial charge in [-0.3, -0.25) is 4.79 Å². The molecule has 6 rings (SSSR count). The lowest BCUT2D eigenvalue weighted by Crippen LogP contribution is -2.13.